The molecule has 14 heavy (non-hydrogen) atoms. The maximum absolute atomic E-state index is 9.88. The SMILES string of the molecule is Cc1ccc2c(O)c(C)c(S)cc2c1. The Kier molecular flexibility index (Phi) is 2.16. The van der Waals surface area contributed by atoms with Gasteiger partial charge in [0.1, 0.15) is 5.75 Å². The molecule has 72 valence electrons. The van der Waals surface area contributed by atoms with E-state index in [1.54, 1.807) is 0 Å². The van der Waals surface area contributed by atoms with Gasteiger partial charge in [-0.05, 0) is 25.3 Å². The summed E-state index contributed by atoms with van der Waals surface area (Å²) in [6.45, 7) is 3.91. The smallest absolute Gasteiger partial charge is 0.127 e. The summed E-state index contributed by atoms with van der Waals surface area (Å²) in [7, 11) is 0. The molecule has 2 aromatic rings. The van der Waals surface area contributed by atoms with E-state index in [0.717, 1.165) is 21.2 Å². The van der Waals surface area contributed by atoms with E-state index in [1.165, 1.54) is 5.56 Å². The normalized spacial score (nSPS) is 10.8. The molecule has 0 aliphatic rings. The molecule has 0 fully saturated rings. The maximum atomic E-state index is 9.88. The predicted octanol–water partition coefficient (Wildman–Crippen LogP) is 3.45. The Bertz CT molecular complexity index is 503. The van der Waals surface area contributed by atoms with Crippen molar-refractivity contribution in [2.45, 2.75) is 18.7 Å². The average Bonchev–Trinajstić information content (AvgIpc) is 2.14. The Balaban J connectivity index is 2.91. The van der Waals surface area contributed by atoms with Crippen LogP contribution in [0.1, 0.15) is 11.1 Å². The number of phenols is 1. The summed E-state index contributed by atoms with van der Waals surface area (Å²) in [5.74, 6) is 0.340. The number of rotatable bonds is 0. The average molecular weight is 204 g/mol. The third-order valence-electron chi connectivity index (χ3n) is 2.49. The third-order valence-corrected chi connectivity index (χ3v) is 2.96. The number of aromatic hydroxyl groups is 1. The lowest BCUT2D eigenvalue weighted by Gasteiger charge is -2.07. The van der Waals surface area contributed by atoms with Gasteiger partial charge in [-0.15, -0.1) is 12.6 Å². The van der Waals surface area contributed by atoms with E-state index < -0.39 is 0 Å². The Morgan fingerprint density at radius 3 is 2.57 bits per heavy atom. The van der Waals surface area contributed by atoms with Gasteiger partial charge >= 0.3 is 0 Å². The van der Waals surface area contributed by atoms with Crippen LogP contribution < -0.4 is 0 Å². The van der Waals surface area contributed by atoms with Crippen molar-refractivity contribution in [2.24, 2.45) is 0 Å². The molecule has 0 bridgehead atoms. The first-order valence-corrected chi connectivity index (χ1v) is 4.96. The minimum Gasteiger partial charge on any atom is -0.507 e. The molecule has 0 saturated carbocycles. The molecular weight excluding hydrogens is 192 g/mol. The van der Waals surface area contributed by atoms with Gasteiger partial charge in [0.25, 0.3) is 0 Å². The summed E-state index contributed by atoms with van der Waals surface area (Å²) in [5, 5.41) is 11.8. The quantitative estimate of drug-likeness (QED) is 0.630. The summed E-state index contributed by atoms with van der Waals surface area (Å²) < 4.78 is 0. The van der Waals surface area contributed by atoms with Crippen LogP contribution in [0.15, 0.2) is 29.2 Å². The third kappa shape index (κ3) is 1.36. The fourth-order valence-corrected chi connectivity index (χ4v) is 1.84. The molecule has 0 unspecified atom stereocenters. The van der Waals surface area contributed by atoms with E-state index in [1.807, 2.05) is 38.1 Å². The Labute approximate surface area is 88.8 Å². The first kappa shape index (κ1) is 9.41. The minimum absolute atomic E-state index is 0.340. The number of aryl methyl sites for hydroxylation is 1. The van der Waals surface area contributed by atoms with Crippen molar-refractivity contribution >= 4 is 23.4 Å². The van der Waals surface area contributed by atoms with Crippen LogP contribution in [0, 0.1) is 13.8 Å². The van der Waals surface area contributed by atoms with Gasteiger partial charge in [0.05, 0.1) is 0 Å². The highest BCUT2D eigenvalue weighted by atomic mass is 32.1. The molecule has 1 N–H and O–H groups in total. The molecule has 1 nitrogen and oxygen atoms in total. The van der Waals surface area contributed by atoms with Crippen molar-refractivity contribution in [2.75, 3.05) is 0 Å². The zero-order valence-electron chi connectivity index (χ0n) is 8.20. The van der Waals surface area contributed by atoms with Crippen LogP contribution in [0.3, 0.4) is 0 Å². The van der Waals surface area contributed by atoms with Gasteiger partial charge in [0, 0.05) is 15.8 Å². The van der Waals surface area contributed by atoms with Crippen LogP contribution in [-0.2, 0) is 0 Å². The molecule has 0 spiro atoms. The van der Waals surface area contributed by atoms with Gasteiger partial charge in [-0.1, -0.05) is 23.8 Å². The zero-order chi connectivity index (χ0) is 10.3. The molecule has 0 aromatic heterocycles. The van der Waals surface area contributed by atoms with E-state index in [4.69, 9.17) is 0 Å². The monoisotopic (exact) mass is 204 g/mol. The van der Waals surface area contributed by atoms with Crippen LogP contribution in [0.25, 0.3) is 10.8 Å². The van der Waals surface area contributed by atoms with Crippen LogP contribution in [-0.4, -0.2) is 5.11 Å². The van der Waals surface area contributed by atoms with Gasteiger partial charge in [0.15, 0.2) is 0 Å². The first-order chi connectivity index (χ1) is 6.59. The standard InChI is InChI=1S/C12H12OS/c1-7-3-4-10-9(5-7)6-11(14)8(2)12(10)13/h3-6,13-14H,1-2H3. The molecular formula is C12H12OS. The van der Waals surface area contributed by atoms with Crippen molar-refractivity contribution < 1.29 is 5.11 Å². The second kappa shape index (κ2) is 3.21. The van der Waals surface area contributed by atoms with Crippen LogP contribution in [0.5, 0.6) is 5.75 Å². The van der Waals surface area contributed by atoms with E-state index in [2.05, 4.69) is 12.6 Å². The van der Waals surface area contributed by atoms with E-state index in [-0.39, 0.29) is 0 Å². The summed E-state index contributed by atoms with van der Waals surface area (Å²) in [4.78, 5) is 0.834. The lowest BCUT2D eigenvalue weighted by Crippen LogP contribution is -1.82. The fourth-order valence-electron chi connectivity index (χ4n) is 1.60. The van der Waals surface area contributed by atoms with Gasteiger partial charge in [-0.3, -0.25) is 0 Å². The second-order valence-corrected chi connectivity index (χ2v) is 4.08. The van der Waals surface area contributed by atoms with E-state index in [0.29, 0.717) is 5.75 Å². The number of fused-ring (bicyclic) bond motifs is 1. The topological polar surface area (TPSA) is 20.2 Å². The summed E-state index contributed by atoms with van der Waals surface area (Å²) in [6.07, 6.45) is 0. The van der Waals surface area contributed by atoms with E-state index in [9.17, 15) is 5.11 Å². The zero-order valence-corrected chi connectivity index (χ0v) is 9.10. The molecule has 0 amide bonds. The fraction of sp³-hybridized carbons (Fsp3) is 0.167. The van der Waals surface area contributed by atoms with Crippen molar-refractivity contribution in [3.05, 3.63) is 35.4 Å². The first-order valence-electron chi connectivity index (χ1n) is 4.51. The highest BCUT2D eigenvalue weighted by Crippen LogP contribution is 2.33. The van der Waals surface area contributed by atoms with Crippen LogP contribution in [0.4, 0.5) is 0 Å². The molecule has 0 saturated heterocycles. The number of thiol groups is 1. The van der Waals surface area contributed by atoms with E-state index >= 15 is 0 Å². The van der Waals surface area contributed by atoms with Gasteiger partial charge in [0.2, 0.25) is 0 Å². The minimum atomic E-state index is 0.340. The summed E-state index contributed by atoms with van der Waals surface area (Å²) in [6, 6.07) is 7.98. The predicted molar refractivity (Wildman–Crippen MR) is 62.3 cm³/mol. The Hall–Kier alpha value is -1.15. The highest BCUT2D eigenvalue weighted by Gasteiger charge is 2.06. The molecule has 2 rings (SSSR count). The molecule has 0 aliphatic heterocycles. The molecule has 2 aromatic carbocycles. The molecule has 0 aliphatic carbocycles. The molecule has 2 heteroatoms. The molecule has 0 heterocycles. The van der Waals surface area contributed by atoms with Crippen molar-refractivity contribution in [1.29, 1.82) is 0 Å². The van der Waals surface area contributed by atoms with Gasteiger partial charge in [-0.25, -0.2) is 0 Å². The summed E-state index contributed by atoms with van der Waals surface area (Å²) >= 11 is 4.32. The van der Waals surface area contributed by atoms with Crippen molar-refractivity contribution in [1.82, 2.24) is 0 Å². The van der Waals surface area contributed by atoms with Crippen LogP contribution in [0.2, 0.25) is 0 Å². The highest BCUT2D eigenvalue weighted by molar-refractivity contribution is 7.80. The Morgan fingerprint density at radius 2 is 1.86 bits per heavy atom. The lowest BCUT2D eigenvalue weighted by molar-refractivity contribution is 0.476. The maximum Gasteiger partial charge on any atom is 0.127 e. The Morgan fingerprint density at radius 1 is 1.14 bits per heavy atom. The second-order valence-electron chi connectivity index (χ2n) is 3.59. The van der Waals surface area contributed by atoms with Crippen molar-refractivity contribution in [3.63, 3.8) is 0 Å². The number of hydrogen-bond acceptors (Lipinski definition) is 2. The van der Waals surface area contributed by atoms with Crippen molar-refractivity contribution in [3.8, 4) is 5.75 Å². The van der Waals surface area contributed by atoms with Gasteiger partial charge in [-0.2, -0.15) is 0 Å². The molecule has 0 atom stereocenters. The largest absolute Gasteiger partial charge is 0.507 e. The summed E-state index contributed by atoms with van der Waals surface area (Å²) in [5.41, 5.74) is 2.03. The molecule has 0 radical (unpaired) electrons. The number of phenolic OH excluding ortho intramolecular Hbond substituents is 1. The number of benzene rings is 2. The lowest BCUT2D eigenvalue weighted by atomic mass is 10.0. The van der Waals surface area contributed by atoms with Crippen LogP contribution >= 0.6 is 12.6 Å². The number of hydrogen-bond donors (Lipinski definition) is 2. The van der Waals surface area contributed by atoms with Gasteiger partial charge < -0.3 is 5.11 Å².